The molecule has 26 heavy (non-hydrogen) atoms. The zero-order valence-electron chi connectivity index (χ0n) is 15.3. The topological polar surface area (TPSA) is 59.7 Å². The molecule has 6 nitrogen and oxygen atoms in total. The van der Waals surface area contributed by atoms with Gasteiger partial charge in [-0.15, -0.1) is 0 Å². The van der Waals surface area contributed by atoms with Gasteiger partial charge >= 0.3 is 5.97 Å². The third kappa shape index (κ3) is 2.36. The Morgan fingerprint density at radius 3 is 2.69 bits per heavy atom. The lowest BCUT2D eigenvalue weighted by atomic mass is 9.79. The minimum Gasteiger partial charge on any atom is -0.468 e. The van der Waals surface area contributed by atoms with E-state index < -0.39 is 5.41 Å². The molecule has 0 bridgehead atoms. The first-order valence-electron chi connectivity index (χ1n) is 8.76. The number of esters is 1. The number of nitrogens with zero attached hydrogens (tertiary/aromatic N) is 4. The summed E-state index contributed by atoms with van der Waals surface area (Å²) in [5, 5.41) is 4.45. The molecule has 0 spiro atoms. The number of carbonyl (C=O) groups is 1. The van der Waals surface area contributed by atoms with Crippen LogP contribution in [0.2, 0.25) is 0 Å². The molecule has 2 aromatic heterocycles. The molecule has 1 aromatic carbocycles. The van der Waals surface area contributed by atoms with E-state index in [0.717, 1.165) is 34.8 Å². The zero-order chi connectivity index (χ0) is 18.3. The van der Waals surface area contributed by atoms with Gasteiger partial charge in [0.25, 0.3) is 0 Å². The highest BCUT2D eigenvalue weighted by molar-refractivity contribution is 5.85. The summed E-state index contributed by atoms with van der Waals surface area (Å²) in [4.78, 5) is 19.6. The number of rotatable bonds is 3. The van der Waals surface area contributed by atoms with Crippen LogP contribution in [0.4, 0.5) is 5.82 Å². The van der Waals surface area contributed by atoms with Crippen molar-refractivity contribution >= 4 is 17.4 Å². The molecule has 1 aliphatic rings. The third-order valence-electron chi connectivity index (χ3n) is 5.46. The molecule has 6 heteroatoms. The van der Waals surface area contributed by atoms with Crippen molar-refractivity contribution < 1.29 is 9.53 Å². The summed E-state index contributed by atoms with van der Waals surface area (Å²) in [5.74, 6) is 0.811. The van der Waals surface area contributed by atoms with Crippen molar-refractivity contribution in [3.63, 3.8) is 0 Å². The molecule has 0 aliphatic carbocycles. The minimum absolute atomic E-state index is 0.189. The largest absolute Gasteiger partial charge is 0.468 e. The summed E-state index contributed by atoms with van der Waals surface area (Å²) < 4.78 is 7.06. The van der Waals surface area contributed by atoms with Crippen molar-refractivity contribution in [3.05, 3.63) is 59.4 Å². The van der Waals surface area contributed by atoms with Gasteiger partial charge in [0, 0.05) is 30.4 Å². The van der Waals surface area contributed by atoms with Gasteiger partial charge in [0.15, 0.2) is 5.65 Å². The molecule has 1 saturated heterocycles. The summed E-state index contributed by atoms with van der Waals surface area (Å²) in [5.41, 5.74) is 3.20. The van der Waals surface area contributed by atoms with Crippen molar-refractivity contribution in [1.29, 1.82) is 0 Å². The van der Waals surface area contributed by atoms with Crippen molar-refractivity contribution in [2.75, 3.05) is 25.1 Å². The fraction of sp³-hybridized carbons (Fsp3) is 0.350. The van der Waals surface area contributed by atoms with E-state index >= 15 is 0 Å². The monoisotopic (exact) mass is 350 g/mol. The molecule has 0 saturated carbocycles. The molecule has 0 amide bonds. The highest BCUT2D eigenvalue weighted by Crippen LogP contribution is 2.39. The van der Waals surface area contributed by atoms with E-state index in [2.05, 4.69) is 21.9 Å². The van der Waals surface area contributed by atoms with Crippen LogP contribution in [-0.2, 0) is 14.9 Å². The van der Waals surface area contributed by atoms with Gasteiger partial charge in [0.1, 0.15) is 11.2 Å². The zero-order valence-corrected chi connectivity index (χ0v) is 15.3. The SMILES string of the molecule is COC(=O)C1(c2ccccc2)CCN(c2c(C)c(C)nc3ccnn23)C1. The Bertz CT molecular complexity index is 967. The van der Waals surface area contributed by atoms with Crippen molar-refractivity contribution in [1.82, 2.24) is 14.6 Å². The van der Waals surface area contributed by atoms with Gasteiger partial charge < -0.3 is 9.64 Å². The summed E-state index contributed by atoms with van der Waals surface area (Å²) in [7, 11) is 1.46. The predicted molar refractivity (Wildman–Crippen MR) is 99.4 cm³/mol. The van der Waals surface area contributed by atoms with Gasteiger partial charge in [0.05, 0.1) is 13.3 Å². The van der Waals surface area contributed by atoms with Crippen LogP contribution in [0.25, 0.3) is 5.65 Å². The lowest BCUT2D eigenvalue weighted by Crippen LogP contribution is -2.40. The van der Waals surface area contributed by atoms with Crippen LogP contribution in [-0.4, -0.2) is 40.8 Å². The van der Waals surface area contributed by atoms with Crippen molar-refractivity contribution in [2.45, 2.75) is 25.7 Å². The minimum atomic E-state index is -0.668. The molecule has 1 aliphatic heterocycles. The lowest BCUT2D eigenvalue weighted by molar-refractivity contribution is -0.146. The second-order valence-corrected chi connectivity index (χ2v) is 6.86. The van der Waals surface area contributed by atoms with Crippen LogP contribution in [0.1, 0.15) is 23.2 Å². The number of hydrogen-bond donors (Lipinski definition) is 0. The molecular formula is C20H22N4O2. The third-order valence-corrected chi connectivity index (χ3v) is 5.46. The van der Waals surface area contributed by atoms with E-state index in [0.29, 0.717) is 13.0 Å². The van der Waals surface area contributed by atoms with E-state index in [-0.39, 0.29) is 5.97 Å². The number of ether oxygens (including phenoxy) is 1. The first-order valence-corrected chi connectivity index (χ1v) is 8.76. The molecule has 4 rings (SSSR count). The first-order chi connectivity index (χ1) is 12.6. The number of fused-ring (bicyclic) bond motifs is 1. The number of aromatic nitrogens is 3. The van der Waals surface area contributed by atoms with Crippen LogP contribution < -0.4 is 4.90 Å². The van der Waals surface area contributed by atoms with Crippen LogP contribution >= 0.6 is 0 Å². The van der Waals surface area contributed by atoms with E-state index in [9.17, 15) is 4.79 Å². The standard InChI is InChI=1S/C20H22N4O2/c1-14-15(2)22-17-9-11-21-24(17)18(14)23-12-10-20(13-23,19(25)26-3)16-7-5-4-6-8-16/h4-9,11H,10,12-13H2,1-3H3. The Morgan fingerprint density at radius 2 is 1.96 bits per heavy atom. The average molecular weight is 350 g/mol. The van der Waals surface area contributed by atoms with Gasteiger partial charge in [0.2, 0.25) is 0 Å². The number of aryl methyl sites for hydroxylation is 1. The van der Waals surface area contributed by atoms with Gasteiger partial charge in [-0.3, -0.25) is 4.79 Å². The lowest BCUT2D eigenvalue weighted by Gasteiger charge is -2.28. The average Bonchev–Trinajstić information content (AvgIpc) is 3.30. The van der Waals surface area contributed by atoms with E-state index in [1.165, 1.54) is 7.11 Å². The van der Waals surface area contributed by atoms with E-state index in [4.69, 9.17) is 4.74 Å². The summed E-state index contributed by atoms with van der Waals surface area (Å²) in [6, 6.07) is 11.8. The van der Waals surface area contributed by atoms with Crippen molar-refractivity contribution in [2.24, 2.45) is 0 Å². The maximum absolute atomic E-state index is 12.8. The summed E-state index contributed by atoms with van der Waals surface area (Å²) >= 11 is 0. The molecular weight excluding hydrogens is 328 g/mol. The smallest absolute Gasteiger partial charge is 0.318 e. The van der Waals surface area contributed by atoms with Crippen molar-refractivity contribution in [3.8, 4) is 0 Å². The normalized spacial score (nSPS) is 19.9. The number of benzene rings is 1. The molecule has 1 fully saturated rings. The molecule has 134 valence electrons. The molecule has 1 unspecified atom stereocenters. The van der Waals surface area contributed by atoms with E-state index in [1.807, 2.05) is 47.8 Å². The number of carbonyl (C=O) groups excluding carboxylic acids is 1. The fourth-order valence-electron chi connectivity index (χ4n) is 3.95. The Kier molecular flexibility index (Phi) is 3.90. The Hall–Kier alpha value is -2.89. The number of hydrogen-bond acceptors (Lipinski definition) is 5. The quantitative estimate of drug-likeness (QED) is 0.680. The second-order valence-electron chi connectivity index (χ2n) is 6.86. The first kappa shape index (κ1) is 16.6. The van der Waals surface area contributed by atoms with Gasteiger partial charge in [-0.05, 0) is 25.8 Å². The van der Waals surface area contributed by atoms with Crippen LogP contribution in [0.5, 0.6) is 0 Å². The highest BCUT2D eigenvalue weighted by Gasteiger charge is 2.48. The summed E-state index contributed by atoms with van der Waals surface area (Å²) in [6.07, 6.45) is 2.46. The maximum atomic E-state index is 12.8. The Labute approximate surface area is 152 Å². The number of anilines is 1. The molecule has 3 heterocycles. The van der Waals surface area contributed by atoms with Gasteiger partial charge in [-0.2, -0.15) is 9.61 Å². The van der Waals surface area contributed by atoms with Gasteiger partial charge in [-0.1, -0.05) is 30.3 Å². The number of methoxy groups -OCH3 is 1. The van der Waals surface area contributed by atoms with Crippen LogP contribution in [0.15, 0.2) is 42.6 Å². The molecule has 0 radical (unpaired) electrons. The highest BCUT2D eigenvalue weighted by atomic mass is 16.5. The Balaban J connectivity index is 1.82. The summed E-state index contributed by atoms with van der Waals surface area (Å²) in [6.45, 7) is 5.37. The maximum Gasteiger partial charge on any atom is 0.318 e. The van der Waals surface area contributed by atoms with E-state index in [1.54, 1.807) is 6.20 Å². The fourth-order valence-corrected chi connectivity index (χ4v) is 3.95. The molecule has 3 aromatic rings. The molecule has 1 atom stereocenters. The van der Waals surface area contributed by atoms with Crippen LogP contribution in [0, 0.1) is 13.8 Å². The Morgan fingerprint density at radius 1 is 1.19 bits per heavy atom. The molecule has 0 N–H and O–H groups in total. The predicted octanol–water partition coefficient (Wildman–Crippen LogP) is 2.67. The second kappa shape index (κ2) is 6.12. The van der Waals surface area contributed by atoms with Gasteiger partial charge in [-0.25, -0.2) is 4.98 Å². The van der Waals surface area contributed by atoms with Crippen LogP contribution in [0.3, 0.4) is 0 Å².